The van der Waals surface area contributed by atoms with Crippen LogP contribution in [0.2, 0.25) is 5.02 Å². The molecule has 2 rings (SSSR count). The van der Waals surface area contributed by atoms with Crippen LogP contribution in [0.4, 0.5) is 5.69 Å². The van der Waals surface area contributed by atoms with E-state index >= 15 is 0 Å². The number of rotatable bonds is 6. The number of ether oxygens (including phenoxy) is 2. The Morgan fingerprint density at radius 3 is 3.15 bits per heavy atom. The Morgan fingerprint density at radius 2 is 2.55 bits per heavy atom. The van der Waals surface area contributed by atoms with Crippen LogP contribution in [0.5, 0.6) is 0 Å². The summed E-state index contributed by atoms with van der Waals surface area (Å²) in [6.07, 6.45) is 3.93. The lowest BCUT2D eigenvalue weighted by atomic mass is 10.0. The monoisotopic (exact) mass is 299 g/mol. The van der Waals surface area contributed by atoms with E-state index in [-0.39, 0.29) is 16.2 Å². The van der Waals surface area contributed by atoms with Gasteiger partial charge in [-0.1, -0.05) is 17.7 Å². The molecule has 20 heavy (non-hydrogen) atoms. The summed E-state index contributed by atoms with van der Waals surface area (Å²) in [5.41, 5.74) is -0.217. The SMILES string of the molecule is C=CCn1ncc(NCC2(OC)CCOC2)c(Cl)c1=O. The molecule has 0 aliphatic carbocycles. The maximum Gasteiger partial charge on any atom is 0.287 e. The second kappa shape index (κ2) is 6.39. The van der Waals surface area contributed by atoms with E-state index in [4.69, 9.17) is 21.1 Å². The zero-order valence-corrected chi connectivity index (χ0v) is 12.2. The molecule has 1 aliphatic heterocycles. The van der Waals surface area contributed by atoms with Crippen LogP contribution in [-0.4, -0.2) is 42.2 Å². The Morgan fingerprint density at radius 1 is 1.75 bits per heavy atom. The lowest BCUT2D eigenvalue weighted by Gasteiger charge is -2.26. The van der Waals surface area contributed by atoms with Crippen molar-refractivity contribution in [2.24, 2.45) is 0 Å². The topological polar surface area (TPSA) is 65.4 Å². The maximum atomic E-state index is 11.9. The minimum atomic E-state index is -0.376. The highest BCUT2D eigenvalue weighted by atomic mass is 35.5. The van der Waals surface area contributed by atoms with Gasteiger partial charge in [-0.05, 0) is 0 Å². The van der Waals surface area contributed by atoms with Gasteiger partial charge in [0.05, 0.1) is 25.0 Å². The number of hydrogen-bond donors (Lipinski definition) is 1. The van der Waals surface area contributed by atoms with Crippen molar-refractivity contribution >= 4 is 17.3 Å². The fraction of sp³-hybridized carbons (Fsp3) is 0.538. The molecule has 0 saturated carbocycles. The summed E-state index contributed by atoms with van der Waals surface area (Å²) in [5.74, 6) is 0. The van der Waals surface area contributed by atoms with Gasteiger partial charge in [0.1, 0.15) is 10.6 Å². The van der Waals surface area contributed by atoms with Gasteiger partial charge in [0.25, 0.3) is 5.56 Å². The average molecular weight is 300 g/mol. The van der Waals surface area contributed by atoms with E-state index in [0.29, 0.717) is 32.0 Å². The van der Waals surface area contributed by atoms with Crippen LogP contribution in [0.25, 0.3) is 0 Å². The molecule has 1 aromatic heterocycles. The number of allylic oxidation sites excluding steroid dienone is 1. The van der Waals surface area contributed by atoms with Gasteiger partial charge in [0.15, 0.2) is 0 Å². The highest BCUT2D eigenvalue weighted by Gasteiger charge is 2.34. The molecule has 6 nitrogen and oxygen atoms in total. The summed E-state index contributed by atoms with van der Waals surface area (Å²) in [5, 5.41) is 7.27. The first kappa shape index (κ1) is 15.0. The third kappa shape index (κ3) is 3.03. The minimum Gasteiger partial charge on any atom is -0.379 e. The summed E-state index contributed by atoms with van der Waals surface area (Å²) < 4.78 is 12.1. The van der Waals surface area contributed by atoms with Gasteiger partial charge in [-0.25, -0.2) is 4.68 Å². The molecule has 0 radical (unpaired) electrons. The number of aromatic nitrogens is 2. The molecule has 110 valence electrons. The third-order valence-electron chi connectivity index (χ3n) is 3.39. The van der Waals surface area contributed by atoms with E-state index in [0.717, 1.165) is 6.42 Å². The molecule has 0 amide bonds. The van der Waals surface area contributed by atoms with E-state index in [2.05, 4.69) is 17.0 Å². The van der Waals surface area contributed by atoms with Crippen LogP contribution in [0.15, 0.2) is 23.6 Å². The number of anilines is 1. The zero-order valence-electron chi connectivity index (χ0n) is 11.4. The van der Waals surface area contributed by atoms with E-state index in [1.807, 2.05) is 0 Å². The van der Waals surface area contributed by atoms with Gasteiger partial charge in [0, 0.05) is 26.7 Å². The van der Waals surface area contributed by atoms with Crippen LogP contribution < -0.4 is 10.9 Å². The van der Waals surface area contributed by atoms with Crippen molar-refractivity contribution in [2.45, 2.75) is 18.6 Å². The number of nitrogens with one attached hydrogen (secondary N) is 1. The molecule has 1 aliphatic rings. The predicted octanol–water partition coefficient (Wildman–Crippen LogP) is 1.30. The van der Waals surface area contributed by atoms with Crippen molar-refractivity contribution in [2.75, 3.05) is 32.2 Å². The summed E-state index contributed by atoms with van der Waals surface area (Å²) in [6, 6.07) is 0. The molecule has 0 bridgehead atoms. The summed E-state index contributed by atoms with van der Waals surface area (Å²) in [4.78, 5) is 11.9. The van der Waals surface area contributed by atoms with Gasteiger partial charge >= 0.3 is 0 Å². The molecule has 1 atom stereocenters. The first-order valence-corrected chi connectivity index (χ1v) is 6.73. The molecule has 7 heteroatoms. The second-order valence-electron chi connectivity index (χ2n) is 4.69. The molecule has 1 saturated heterocycles. The van der Waals surface area contributed by atoms with Gasteiger partial charge in [-0.2, -0.15) is 5.10 Å². The number of nitrogens with zero attached hydrogens (tertiary/aromatic N) is 2. The molecule has 0 spiro atoms. The number of hydrogen-bond acceptors (Lipinski definition) is 5. The van der Waals surface area contributed by atoms with E-state index in [9.17, 15) is 4.79 Å². The first-order chi connectivity index (χ1) is 9.62. The van der Waals surface area contributed by atoms with Crippen molar-refractivity contribution in [1.29, 1.82) is 0 Å². The van der Waals surface area contributed by atoms with Crippen LogP contribution >= 0.6 is 11.6 Å². The van der Waals surface area contributed by atoms with E-state index in [1.54, 1.807) is 13.2 Å². The van der Waals surface area contributed by atoms with Gasteiger partial charge < -0.3 is 14.8 Å². The highest BCUT2D eigenvalue weighted by molar-refractivity contribution is 6.32. The quantitative estimate of drug-likeness (QED) is 0.802. The molecule has 0 aromatic carbocycles. The summed E-state index contributed by atoms with van der Waals surface area (Å²) >= 11 is 6.07. The van der Waals surface area contributed by atoms with Crippen LogP contribution in [0.3, 0.4) is 0 Å². The van der Waals surface area contributed by atoms with Crippen LogP contribution in [0, 0.1) is 0 Å². The van der Waals surface area contributed by atoms with Gasteiger partial charge in [0.2, 0.25) is 0 Å². The third-order valence-corrected chi connectivity index (χ3v) is 3.75. The predicted molar refractivity (Wildman–Crippen MR) is 77.4 cm³/mol. The minimum absolute atomic E-state index is 0.118. The van der Waals surface area contributed by atoms with Gasteiger partial charge in [-0.15, -0.1) is 6.58 Å². The van der Waals surface area contributed by atoms with E-state index in [1.165, 1.54) is 10.9 Å². The first-order valence-electron chi connectivity index (χ1n) is 6.35. The largest absolute Gasteiger partial charge is 0.379 e. The van der Waals surface area contributed by atoms with Crippen molar-refractivity contribution in [3.63, 3.8) is 0 Å². The van der Waals surface area contributed by atoms with Crippen LogP contribution in [0.1, 0.15) is 6.42 Å². The lowest BCUT2D eigenvalue weighted by molar-refractivity contribution is -0.00620. The molecule has 1 unspecified atom stereocenters. The van der Waals surface area contributed by atoms with Crippen molar-refractivity contribution in [3.05, 3.63) is 34.2 Å². The smallest absolute Gasteiger partial charge is 0.287 e. The zero-order chi connectivity index (χ0) is 14.6. The van der Waals surface area contributed by atoms with Crippen molar-refractivity contribution < 1.29 is 9.47 Å². The van der Waals surface area contributed by atoms with Gasteiger partial charge in [-0.3, -0.25) is 4.79 Å². The Kier molecular flexibility index (Phi) is 4.80. The molecular formula is C13H18ClN3O3. The highest BCUT2D eigenvalue weighted by Crippen LogP contribution is 2.24. The maximum absolute atomic E-state index is 11.9. The second-order valence-corrected chi connectivity index (χ2v) is 5.07. The summed E-state index contributed by atoms with van der Waals surface area (Å²) in [6.45, 7) is 5.60. The fourth-order valence-corrected chi connectivity index (χ4v) is 2.27. The molecule has 1 N–H and O–H groups in total. The fourth-order valence-electron chi connectivity index (χ4n) is 2.06. The van der Waals surface area contributed by atoms with Crippen molar-refractivity contribution in [3.8, 4) is 0 Å². The van der Waals surface area contributed by atoms with Crippen LogP contribution in [-0.2, 0) is 16.0 Å². The van der Waals surface area contributed by atoms with Crippen molar-refractivity contribution in [1.82, 2.24) is 9.78 Å². The molecule has 1 aromatic rings. The Labute approximate surface area is 122 Å². The Bertz CT molecular complexity index is 538. The Hall–Kier alpha value is -1.37. The number of halogens is 1. The van der Waals surface area contributed by atoms with E-state index < -0.39 is 0 Å². The average Bonchev–Trinajstić information content (AvgIpc) is 2.93. The standard InChI is InChI=1S/C13H18ClN3O3/c1-3-5-17-12(18)11(14)10(7-16-17)15-8-13(19-2)4-6-20-9-13/h3,7,15H,1,4-6,8-9H2,2H3. The molecular weight excluding hydrogens is 282 g/mol. The molecule has 2 heterocycles. The summed E-state index contributed by atoms with van der Waals surface area (Å²) in [7, 11) is 1.65. The normalized spacial score (nSPS) is 21.9. The Balaban J connectivity index is 2.12. The molecule has 1 fully saturated rings. The lowest BCUT2D eigenvalue weighted by Crippen LogP contribution is -2.40. The number of methoxy groups -OCH3 is 1.